The molecule has 0 aliphatic rings. The maximum Gasteiger partial charge on any atom is 0.269 e. The lowest BCUT2D eigenvalue weighted by Crippen LogP contribution is -2.34. The highest BCUT2D eigenvalue weighted by molar-refractivity contribution is 7.80. The molecule has 2 aromatic rings. The molecule has 25 heavy (non-hydrogen) atoms. The molecule has 0 spiro atoms. The van der Waals surface area contributed by atoms with Gasteiger partial charge in [0.1, 0.15) is 5.75 Å². The van der Waals surface area contributed by atoms with Gasteiger partial charge in [-0.3, -0.25) is 15.4 Å². The van der Waals surface area contributed by atoms with Crippen LogP contribution in [0.3, 0.4) is 0 Å². The number of hydrogen-bond donors (Lipinski definition) is 2. The molecule has 0 radical (unpaired) electrons. The summed E-state index contributed by atoms with van der Waals surface area (Å²) in [6.07, 6.45) is 1.86. The van der Waals surface area contributed by atoms with Gasteiger partial charge in [-0.05, 0) is 55.4 Å². The highest BCUT2D eigenvalue weighted by Gasteiger charge is 2.11. The van der Waals surface area contributed by atoms with Crippen LogP contribution in [0.4, 0.5) is 5.95 Å². The van der Waals surface area contributed by atoms with Crippen LogP contribution in [0.15, 0.2) is 24.3 Å². The Labute approximate surface area is 151 Å². The van der Waals surface area contributed by atoms with Gasteiger partial charge in [0, 0.05) is 5.56 Å². The fraction of sp³-hybridized carbons (Fsp3) is 0.438. The fourth-order valence-corrected chi connectivity index (χ4v) is 2.11. The second-order valence-corrected chi connectivity index (χ2v) is 5.89. The molecular weight excluding hydrogens is 340 g/mol. The second-order valence-electron chi connectivity index (χ2n) is 5.48. The molecule has 2 rings (SSSR count). The molecule has 8 nitrogen and oxygen atoms in total. The zero-order valence-electron chi connectivity index (χ0n) is 14.5. The normalized spacial score (nSPS) is 11.6. The maximum absolute atomic E-state index is 12.3. The summed E-state index contributed by atoms with van der Waals surface area (Å²) in [6.45, 7) is 6.69. The van der Waals surface area contributed by atoms with Gasteiger partial charge in [-0.15, -0.1) is 5.10 Å². The Balaban J connectivity index is 1.94. The summed E-state index contributed by atoms with van der Waals surface area (Å²) in [4.78, 5) is 13.8. The van der Waals surface area contributed by atoms with Crippen LogP contribution in [-0.2, 0) is 6.54 Å². The molecule has 0 aliphatic carbocycles. The largest absolute Gasteiger partial charge is 0.491 e. The van der Waals surface area contributed by atoms with Crippen LogP contribution in [0, 0.1) is 0 Å². The van der Waals surface area contributed by atoms with Crippen molar-refractivity contribution in [3.8, 4) is 5.75 Å². The molecule has 134 valence electrons. The molecule has 1 heterocycles. The van der Waals surface area contributed by atoms with E-state index in [1.807, 2.05) is 26.8 Å². The number of tetrazole rings is 1. The van der Waals surface area contributed by atoms with Gasteiger partial charge in [0.2, 0.25) is 0 Å². The van der Waals surface area contributed by atoms with Crippen molar-refractivity contribution in [2.75, 3.05) is 5.32 Å². The molecule has 0 aliphatic heterocycles. The average Bonchev–Trinajstić information content (AvgIpc) is 3.02. The lowest BCUT2D eigenvalue weighted by Gasteiger charge is -2.13. The fourth-order valence-electron chi connectivity index (χ4n) is 1.92. The number of benzene rings is 1. The monoisotopic (exact) mass is 362 g/mol. The van der Waals surface area contributed by atoms with E-state index in [0.29, 0.717) is 17.9 Å². The summed E-state index contributed by atoms with van der Waals surface area (Å²) >= 11 is 5.12. The van der Waals surface area contributed by atoms with Gasteiger partial charge in [0.25, 0.3) is 11.9 Å². The summed E-state index contributed by atoms with van der Waals surface area (Å²) in [7, 11) is 0. The number of amides is 1. The number of nitrogens with zero attached hydrogens (tertiary/aromatic N) is 4. The third-order valence-corrected chi connectivity index (χ3v) is 3.54. The Bertz CT molecular complexity index is 733. The van der Waals surface area contributed by atoms with Crippen LogP contribution < -0.4 is 15.4 Å². The van der Waals surface area contributed by atoms with Crippen LogP contribution in [0.2, 0.25) is 0 Å². The predicted octanol–water partition coefficient (Wildman–Crippen LogP) is 2.39. The van der Waals surface area contributed by atoms with Gasteiger partial charge in [-0.2, -0.15) is 4.80 Å². The Kier molecular flexibility index (Phi) is 6.81. The first kappa shape index (κ1) is 18.8. The van der Waals surface area contributed by atoms with E-state index in [1.54, 1.807) is 18.2 Å². The Morgan fingerprint density at radius 2 is 2.20 bits per heavy atom. The lowest BCUT2D eigenvalue weighted by molar-refractivity contribution is 0.0977. The van der Waals surface area contributed by atoms with Gasteiger partial charge >= 0.3 is 0 Å². The van der Waals surface area contributed by atoms with E-state index in [0.717, 1.165) is 12.8 Å². The minimum atomic E-state index is -0.340. The standard InChI is InChI=1S/C16H22N6O2S/c1-4-9-22-20-15(19-21-22)18-16(25)17-14(23)12-7-6-8-13(10-12)24-11(3)5-2/h6-8,10-11H,4-5,9H2,1-3H3,(H2,17,18,20,23,25)/t11-/m1/s1. The zero-order valence-corrected chi connectivity index (χ0v) is 15.3. The number of anilines is 1. The molecule has 1 aromatic heterocycles. The van der Waals surface area contributed by atoms with Crippen LogP contribution in [-0.4, -0.2) is 37.3 Å². The first-order chi connectivity index (χ1) is 12.0. The minimum Gasteiger partial charge on any atom is -0.491 e. The molecule has 1 atom stereocenters. The van der Waals surface area contributed by atoms with Gasteiger partial charge in [-0.25, -0.2) is 0 Å². The molecular formula is C16H22N6O2S. The number of hydrogen-bond acceptors (Lipinski definition) is 6. The van der Waals surface area contributed by atoms with E-state index in [1.165, 1.54) is 4.80 Å². The first-order valence-corrected chi connectivity index (χ1v) is 8.59. The molecule has 1 amide bonds. The van der Waals surface area contributed by atoms with Crippen molar-refractivity contribution in [1.82, 2.24) is 25.5 Å². The zero-order chi connectivity index (χ0) is 18.2. The molecule has 9 heteroatoms. The Hall–Kier alpha value is -2.55. The van der Waals surface area contributed by atoms with Crippen molar-refractivity contribution in [2.24, 2.45) is 0 Å². The quantitative estimate of drug-likeness (QED) is 0.730. The van der Waals surface area contributed by atoms with E-state index >= 15 is 0 Å². The van der Waals surface area contributed by atoms with Crippen molar-refractivity contribution >= 4 is 29.2 Å². The number of rotatable bonds is 7. The van der Waals surface area contributed by atoms with E-state index in [2.05, 4.69) is 26.0 Å². The smallest absolute Gasteiger partial charge is 0.269 e. The third kappa shape index (κ3) is 5.79. The highest BCUT2D eigenvalue weighted by Crippen LogP contribution is 2.16. The molecule has 0 fully saturated rings. The highest BCUT2D eigenvalue weighted by atomic mass is 32.1. The third-order valence-electron chi connectivity index (χ3n) is 3.34. The molecule has 2 N–H and O–H groups in total. The molecule has 0 unspecified atom stereocenters. The SMILES string of the molecule is CCCn1nnc(NC(=S)NC(=O)c2cccc(O[C@H](C)CC)c2)n1. The Morgan fingerprint density at radius 3 is 2.92 bits per heavy atom. The van der Waals surface area contributed by atoms with Crippen LogP contribution >= 0.6 is 12.2 Å². The van der Waals surface area contributed by atoms with Crippen molar-refractivity contribution in [3.63, 3.8) is 0 Å². The lowest BCUT2D eigenvalue weighted by atomic mass is 10.2. The number of nitrogens with one attached hydrogen (secondary N) is 2. The summed E-state index contributed by atoms with van der Waals surface area (Å²) in [5, 5.41) is 17.2. The topological polar surface area (TPSA) is 94.0 Å². The number of aromatic nitrogens is 4. The van der Waals surface area contributed by atoms with Gasteiger partial charge in [-0.1, -0.05) is 25.0 Å². The summed E-state index contributed by atoms with van der Waals surface area (Å²) in [5.41, 5.74) is 0.451. The van der Waals surface area contributed by atoms with Crippen molar-refractivity contribution in [2.45, 2.75) is 46.3 Å². The second kappa shape index (κ2) is 9.07. The van der Waals surface area contributed by atoms with Gasteiger partial charge < -0.3 is 4.74 Å². The van der Waals surface area contributed by atoms with Crippen LogP contribution in [0.25, 0.3) is 0 Å². The van der Waals surface area contributed by atoms with Gasteiger partial charge in [0.15, 0.2) is 5.11 Å². The number of aryl methyl sites for hydroxylation is 1. The van der Waals surface area contributed by atoms with Crippen LogP contribution in [0.1, 0.15) is 44.0 Å². The van der Waals surface area contributed by atoms with Crippen molar-refractivity contribution in [1.29, 1.82) is 0 Å². The van der Waals surface area contributed by atoms with Crippen molar-refractivity contribution in [3.05, 3.63) is 29.8 Å². The minimum absolute atomic E-state index is 0.0814. The maximum atomic E-state index is 12.3. The predicted molar refractivity (Wildman–Crippen MR) is 98.6 cm³/mol. The molecule has 0 bridgehead atoms. The van der Waals surface area contributed by atoms with E-state index in [-0.39, 0.29) is 23.1 Å². The van der Waals surface area contributed by atoms with E-state index in [9.17, 15) is 4.79 Å². The summed E-state index contributed by atoms with van der Waals surface area (Å²) in [6, 6.07) is 6.95. The van der Waals surface area contributed by atoms with Crippen molar-refractivity contribution < 1.29 is 9.53 Å². The van der Waals surface area contributed by atoms with E-state index in [4.69, 9.17) is 17.0 Å². The molecule has 0 saturated heterocycles. The molecule has 0 saturated carbocycles. The van der Waals surface area contributed by atoms with Crippen LogP contribution in [0.5, 0.6) is 5.75 Å². The van der Waals surface area contributed by atoms with Gasteiger partial charge in [0.05, 0.1) is 12.6 Å². The average molecular weight is 362 g/mol. The molecule has 1 aromatic carbocycles. The summed E-state index contributed by atoms with van der Waals surface area (Å²) in [5.74, 6) is 0.547. The summed E-state index contributed by atoms with van der Waals surface area (Å²) < 4.78 is 5.72. The first-order valence-electron chi connectivity index (χ1n) is 8.18. The number of thiocarbonyl (C=S) groups is 1. The number of ether oxygens (including phenoxy) is 1. The number of carbonyl (C=O) groups is 1. The Morgan fingerprint density at radius 1 is 1.40 bits per heavy atom. The number of carbonyl (C=O) groups excluding carboxylic acids is 1. The van der Waals surface area contributed by atoms with E-state index < -0.39 is 0 Å².